The number of nitrogens with one attached hydrogen (secondary N) is 1. The van der Waals surface area contributed by atoms with Crippen LogP contribution in [-0.2, 0) is 0 Å². The van der Waals surface area contributed by atoms with Gasteiger partial charge in [0.05, 0.1) is 0 Å². The first-order chi connectivity index (χ1) is 6.25. The minimum atomic E-state index is -0.261. The molecule has 0 unspecified atom stereocenters. The summed E-state index contributed by atoms with van der Waals surface area (Å²) in [5.74, 6) is -0.150. The van der Waals surface area contributed by atoms with E-state index in [0.717, 1.165) is 11.1 Å². The molecule has 2 aromatic rings. The van der Waals surface area contributed by atoms with Gasteiger partial charge in [-0.1, -0.05) is 12.1 Å². The van der Waals surface area contributed by atoms with Gasteiger partial charge >= 0.3 is 0 Å². The summed E-state index contributed by atoms with van der Waals surface area (Å²) in [6.07, 6.45) is 1.67. The fourth-order valence-corrected chi connectivity index (χ4v) is 1.19. The van der Waals surface area contributed by atoms with E-state index in [1.807, 2.05) is 0 Å². The lowest BCUT2D eigenvalue weighted by atomic mass is 10.1. The standard InChI is InChI=1S/C10H8FNO/c11-9-3-1-7(2-4-9)8-5-10(13)12-6-8/h1-6,12-13H. The molecule has 0 atom stereocenters. The Balaban J connectivity index is 2.41. The summed E-state index contributed by atoms with van der Waals surface area (Å²) in [7, 11) is 0. The highest BCUT2D eigenvalue weighted by Gasteiger charge is 2.00. The molecule has 2 rings (SSSR count). The molecule has 0 bridgehead atoms. The second-order valence-corrected chi connectivity index (χ2v) is 2.78. The third kappa shape index (κ3) is 1.54. The highest BCUT2D eigenvalue weighted by Crippen LogP contribution is 2.22. The van der Waals surface area contributed by atoms with Crippen molar-refractivity contribution in [1.82, 2.24) is 4.98 Å². The first-order valence-corrected chi connectivity index (χ1v) is 3.89. The SMILES string of the molecule is Oc1cc(-c2ccc(F)cc2)c[nH]1. The van der Waals surface area contributed by atoms with Crippen LogP contribution in [0, 0.1) is 5.82 Å². The lowest BCUT2D eigenvalue weighted by molar-refractivity contribution is 0.457. The molecule has 0 aliphatic carbocycles. The van der Waals surface area contributed by atoms with Crippen LogP contribution in [0.2, 0.25) is 0 Å². The van der Waals surface area contributed by atoms with Gasteiger partial charge in [0, 0.05) is 17.8 Å². The zero-order valence-corrected chi connectivity index (χ0v) is 6.79. The van der Waals surface area contributed by atoms with Crippen molar-refractivity contribution in [2.24, 2.45) is 0 Å². The van der Waals surface area contributed by atoms with Gasteiger partial charge < -0.3 is 10.1 Å². The van der Waals surface area contributed by atoms with Crippen molar-refractivity contribution in [3.63, 3.8) is 0 Å². The molecule has 0 amide bonds. The molecule has 3 heteroatoms. The molecule has 2 N–H and O–H groups in total. The molecule has 1 heterocycles. The van der Waals surface area contributed by atoms with E-state index in [0.29, 0.717) is 0 Å². The third-order valence-electron chi connectivity index (χ3n) is 1.85. The number of hydrogen-bond donors (Lipinski definition) is 2. The molecule has 13 heavy (non-hydrogen) atoms. The Morgan fingerprint density at radius 3 is 2.31 bits per heavy atom. The predicted octanol–water partition coefficient (Wildman–Crippen LogP) is 2.53. The Labute approximate surface area is 74.7 Å². The van der Waals surface area contributed by atoms with Crippen LogP contribution >= 0.6 is 0 Å². The zero-order chi connectivity index (χ0) is 9.26. The summed E-state index contributed by atoms with van der Waals surface area (Å²) in [4.78, 5) is 2.64. The minimum Gasteiger partial charge on any atom is -0.495 e. The van der Waals surface area contributed by atoms with Gasteiger partial charge in [-0.05, 0) is 17.7 Å². The average molecular weight is 177 g/mol. The fraction of sp³-hybridized carbons (Fsp3) is 0. The minimum absolute atomic E-state index is 0.110. The summed E-state index contributed by atoms with van der Waals surface area (Å²) in [5.41, 5.74) is 1.72. The van der Waals surface area contributed by atoms with Gasteiger partial charge in [-0.25, -0.2) is 4.39 Å². The molecule has 0 fully saturated rings. The maximum atomic E-state index is 12.6. The van der Waals surface area contributed by atoms with Crippen molar-refractivity contribution >= 4 is 0 Å². The quantitative estimate of drug-likeness (QED) is 0.689. The lowest BCUT2D eigenvalue weighted by Crippen LogP contribution is -1.74. The topological polar surface area (TPSA) is 36.0 Å². The van der Waals surface area contributed by atoms with Crippen LogP contribution in [-0.4, -0.2) is 10.1 Å². The van der Waals surface area contributed by atoms with Gasteiger partial charge in [0.25, 0.3) is 0 Å². The number of benzene rings is 1. The Hall–Kier alpha value is -1.77. The molecule has 2 nitrogen and oxygen atoms in total. The van der Waals surface area contributed by atoms with E-state index in [1.54, 1.807) is 24.4 Å². The van der Waals surface area contributed by atoms with Gasteiger partial charge in [-0.3, -0.25) is 0 Å². The Morgan fingerprint density at radius 2 is 1.77 bits per heavy atom. The Kier molecular flexibility index (Phi) is 1.77. The summed E-state index contributed by atoms with van der Waals surface area (Å²) in [5, 5.41) is 9.04. The van der Waals surface area contributed by atoms with Crippen molar-refractivity contribution in [3.05, 3.63) is 42.3 Å². The predicted molar refractivity (Wildman–Crippen MR) is 47.9 cm³/mol. The third-order valence-corrected chi connectivity index (χ3v) is 1.85. The van der Waals surface area contributed by atoms with Crippen LogP contribution in [0.15, 0.2) is 36.5 Å². The molecule has 66 valence electrons. The largest absolute Gasteiger partial charge is 0.495 e. The number of H-pyrrole nitrogens is 1. The number of halogens is 1. The van der Waals surface area contributed by atoms with Crippen molar-refractivity contribution in [3.8, 4) is 17.0 Å². The second-order valence-electron chi connectivity index (χ2n) is 2.78. The summed E-state index contributed by atoms with van der Waals surface area (Å²) in [6, 6.07) is 7.70. The van der Waals surface area contributed by atoms with Gasteiger partial charge in [0.1, 0.15) is 5.82 Å². The molecule has 1 aromatic heterocycles. The molecule has 0 aliphatic rings. The van der Waals surface area contributed by atoms with E-state index < -0.39 is 0 Å². The first-order valence-electron chi connectivity index (χ1n) is 3.89. The smallest absolute Gasteiger partial charge is 0.188 e. The summed E-state index contributed by atoms with van der Waals surface area (Å²) >= 11 is 0. The highest BCUT2D eigenvalue weighted by molar-refractivity contribution is 5.63. The van der Waals surface area contributed by atoms with Crippen molar-refractivity contribution in [1.29, 1.82) is 0 Å². The van der Waals surface area contributed by atoms with Crippen LogP contribution in [0.4, 0.5) is 4.39 Å². The second kappa shape index (κ2) is 2.94. The van der Waals surface area contributed by atoms with E-state index in [9.17, 15) is 4.39 Å². The van der Waals surface area contributed by atoms with Crippen LogP contribution < -0.4 is 0 Å². The molecular weight excluding hydrogens is 169 g/mol. The number of aromatic amines is 1. The van der Waals surface area contributed by atoms with Gasteiger partial charge in [0.2, 0.25) is 0 Å². The van der Waals surface area contributed by atoms with Crippen molar-refractivity contribution < 1.29 is 9.50 Å². The lowest BCUT2D eigenvalue weighted by Gasteiger charge is -1.95. The van der Waals surface area contributed by atoms with E-state index in [4.69, 9.17) is 5.11 Å². The van der Waals surface area contributed by atoms with Crippen LogP contribution in [0.3, 0.4) is 0 Å². The normalized spacial score (nSPS) is 10.2. The molecule has 0 aliphatic heterocycles. The molecule has 1 aromatic carbocycles. The number of aromatic nitrogens is 1. The number of hydrogen-bond acceptors (Lipinski definition) is 1. The van der Waals surface area contributed by atoms with Crippen molar-refractivity contribution in [2.75, 3.05) is 0 Å². The van der Waals surface area contributed by atoms with Gasteiger partial charge in [-0.15, -0.1) is 0 Å². The maximum Gasteiger partial charge on any atom is 0.188 e. The van der Waals surface area contributed by atoms with Gasteiger partial charge in [0.15, 0.2) is 5.88 Å². The number of aromatic hydroxyl groups is 1. The van der Waals surface area contributed by atoms with Crippen molar-refractivity contribution in [2.45, 2.75) is 0 Å². The summed E-state index contributed by atoms with van der Waals surface area (Å²) in [6.45, 7) is 0. The molecule has 0 radical (unpaired) electrons. The molecule has 0 saturated heterocycles. The summed E-state index contributed by atoms with van der Waals surface area (Å²) < 4.78 is 12.6. The van der Waals surface area contributed by atoms with E-state index in [1.165, 1.54) is 12.1 Å². The number of rotatable bonds is 1. The van der Waals surface area contributed by atoms with E-state index in [-0.39, 0.29) is 11.7 Å². The molecule has 0 spiro atoms. The Bertz CT molecular complexity index is 405. The average Bonchev–Trinajstić information content (AvgIpc) is 2.53. The van der Waals surface area contributed by atoms with Crippen LogP contribution in [0.5, 0.6) is 5.88 Å². The molecular formula is C10H8FNO. The van der Waals surface area contributed by atoms with Crippen LogP contribution in [0.25, 0.3) is 11.1 Å². The van der Waals surface area contributed by atoms with Crippen LogP contribution in [0.1, 0.15) is 0 Å². The first kappa shape index (κ1) is 7.86. The monoisotopic (exact) mass is 177 g/mol. The maximum absolute atomic E-state index is 12.6. The fourth-order valence-electron chi connectivity index (χ4n) is 1.19. The molecule has 0 saturated carbocycles. The zero-order valence-electron chi connectivity index (χ0n) is 6.79. The highest BCUT2D eigenvalue weighted by atomic mass is 19.1. The van der Waals surface area contributed by atoms with E-state index >= 15 is 0 Å². The van der Waals surface area contributed by atoms with Gasteiger partial charge in [-0.2, -0.15) is 0 Å². The van der Waals surface area contributed by atoms with E-state index in [2.05, 4.69) is 4.98 Å². The Morgan fingerprint density at radius 1 is 1.08 bits per heavy atom.